The maximum absolute atomic E-state index is 6.12. The van der Waals surface area contributed by atoms with Crippen LogP contribution in [0.3, 0.4) is 0 Å². The number of benzene rings is 1. The van der Waals surface area contributed by atoms with Gasteiger partial charge in [-0.2, -0.15) is 0 Å². The van der Waals surface area contributed by atoms with Gasteiger partial charge in [-0.3, -0.25) is 0 Å². The van der Waals surface area contributed by atoms with E-state index in [9.17, 15) is 0 Å². The molecule has 2 unspecified atom stereocenters. The predicted molar refractivity (Wildman–Crippen MR) is 148 cm³/mol. The highest BCUT2D eigenvalue weighted by atomic mass is 16.7. The van der Waals surface area contributed by atoms with Gasteiger partial charge in [-0.05, 0) is 57.7 Å². The van der Waals surface area contributed by atoms with Crippen LogP contribution in [-0.4, -0.2) is 71.9 Å². The summed E-state index contributed by atoms with van der Waals surface area (Å²) in [5, 5.41) is 0. The summed E-state index contributed by atoms with van der Waals surface area (Å²) in [5.41, 5.74) is 0.902. The molecular weight excluding hydrogens is 488 g/mol. The monoisotopic (exact) mass is 540 g/mol. The molecular formula is C30H52O8. The number of fused-ring (bicyclic) bond motifs is 1. The molecule has 0 N–H and O–H groups in total. The predicted octanol–water partition coefficient (Wildman–Crippen LogP) is 6.45. The van der Waals surface area contributed by atoms with Crippen LogP contribution in [0.15, 0.2) is 18.2 Å². The Hall–Kier alpha value is -1.42. The molecule has 0 spiro atoms. The summed E-state index contributed by atoms with van der Waals surface area (Å²) >= 11 is 0. The maximum Gasteiger partial charge on any atom is 0.231 e. The van der Waals surface area contributed by atoms with Gasteiger partial charge in [0.15, 0.2) is 17.8 Å². The molecule has 1 aromatic rings. The zero-order valence-corrected chi connectivity index (χ0v) is 24.3. The number of rotatable bonds is 25. The normalized spacial score (nSPS) is 15.1. The van der Waals surface area contributed by atoms with Gasteiger partial charge < -0.3 is 37.9 Å². The summed E-state index contributed by atoms with van der Waals surface area (Å²) in [4.78, 5) is 0. The van der Waals surface area contributed by atoms with Crippen LogP contribution in [0.25, 0.3) is 0 Å². The van der Waals surface area contributed by atoms with E-state index in [0.717, 1.165) is 50.2 Å². The molecule has 0 radical (unpaired) electrons. The molecule has 0 fully saturated rings. The Balaban J connectivity index is 1.66. The van der Waals surface area contributed by atoms with E-state index in [4.69, 9.17) is 37.9 Å². The second-order valence-corrected chi connectivity index (χ2v) is 9.82. The fraction of sp³-hybridized carbons (Fsp3) is 0.800. The molecule has 2 atom stereocenters. The zero-order valence-electron chi connectivity index (χ0n) is 24.3. The lowest BCUT2D eigenvalue weighted by Crippen LogP contribution is -2.19. The standard InChI is InChI=1S/C30H52O8/c1-5-7-9-15-31-22-25(3)33-17-11-19-35-30(27-13-14-28-29(21-27)38-24-37-28)36-20-12-18-34-26(4)23-32-16-10-8-6-2/h13-14,21,25-26,30H,5-12,15-20,22-24H2,1-4H3. The third-order valence-corrected chi connectivity index (χ3v) is 6.08. The van der Waals surface area contributed by atoms with E-state index in [-0.39, 0.29) is 19.0 Å². The number of unbranched alkanes of at least 4 members (excludes halogenated alkanes) is 4. The van der Waals surface area contributed by atoms with E-state index in [1.165, 1.54) is 25.7 Å². The molecule has 38 heavy (non-hydrogen) atoms. The van der Waals surface area contributed by atoms with Crippen molar-refractivity contribution in [1.82, 2.24) is 0 Å². The van der Waals surface area contributed by atoms with Gasteiger partial charge in [0.1, 0.15) is 0 Å². The number of hydrogen-bond donors (Lipinski definition) is 0. The molecule has 8 nitrogen and oxygen atoms in total. The number of hydrogen-bond acceptors (Lipinski definition) is 8. The molecule has 0 saturated heterocycles. The lowest BCUT2D eigenvalue weighted by Gasteiger charge is -2.20. The molecule has 1 aliphatic heterocycles. The summed E-state index contributed by atoms with van der Waals surface area (Å²) in [6.07, 6.45) is 8.22. The largest absolute Gasteiger partial charge is 0.454 e. The quantitative estimate of drug-likeness (QED) is 0.103. The van der Waals surface area contributed by atoms with Gasteiger partial charge in [-0.1, -0.05) is 39.5 Å². The Labute approximate surface area is 230 Å². The molecule has 1 heterocycles. The second kappa shape index (κ2) is 21.4. The first-order valence-electron chi connectivity index (χ1n) is 14.6. The van der Waals surface area contributed by atoms with Crippen LogP contribution in [0.1, 0.15) is 90.9 Å². The molecule has 1 aromatic carbocycles. The first-order chi connectivity index (χ1) is 18.6. The summed E-state index contributed by atoms with van der Waals surface area (Å²) in [5.74, 6) is 1.46. The van der Waals surface area contributed by atoms with Crippen molar-refractivity contribution < 1.29 is 37.9 Å². The molecule has 8 heteroatoms. The first kappa shape index (κ1) is 32.8. The van der Waals surface area contributed by atoms with Crippen molar-refractivity contribution in [2.75, 3.05) is 59.6 Å². The van der Waals surface area contributed by atoms with E-state index in [1.807, 2.05) is 32.0 Å². The van der Waals surface area contributed by atoms with Crippen LogP contribution in [0.5, 0.6) is 11.5 Å². The first-order valence-corrected chi connectivity index (χ1v) is 14.6. The molecule has 0 aromatic heterocycles. The minimum Gasteiger partial charge on any atom is -0.454 e. The Kier molecular flexibility index (Phi) is 18.5. The van der Waals surface area contributed by atoms with Gasteiger partial charge >= 0.3 is 0 Å². The van der Waals surface area contributed by atoms with Crippen LogP contribution in [0, 0.1) is 0 Å². The van der Waals surface area contributed by atoms with E-state index >= 15 is 0 Å². The van der Waals surface area contributed by atoms with Crippen molar-refractivity contribution in [3.8, 4) is 11.5 Å². The third kappa shape index (κ3) is 14.7. The lowest BCUT2D eigenvalue weighted by molar-refractivity contribution is -0.153. The number of ether oxygens (including phenoxy) is 8. The van der Waals surface area contributed by atoms with E-state index in [2.05, 4.69) is 13.8 Å². The van der Waals surface area contributed by atoms with Gasteiger partial charge in [0, 0.05) is 32.0 Å². The lowest BCUT2D eigenvalue weighted by atomic mass is 10.2. The average molecular weight is 541 g/mol. The molecule has 0 amide bonds. The maximum atomic E-state index is 6.12. The summed E-state index contributed by atoms with van der Waals surface area (Å²) in [6, 6.07) is 5.78. The highest BCUT2D eigenvalue weighted by molar-refractivity contribution is 5.44. The van der Waals surface area contributed by atoms with Crippen LogP contribution < -0.4 is 9.47 Å². The Morgan fingerprint density at radius 3 is 1.71 bits per heavy atom. The van der Waals surface area contributed by atoms with Crippen molar-refractivity contribution in [3.05, 3.63) is 23.8 Å². The Morgan fingerprint density at radius 2 is 1.16 bits per heavy atom. The van der Waals surface area contributed by atoms with Gasteiger partial charge in [0.25, 0.3) is 0 Å². The fourth-order valence-electron chi connectivity index (χ4n) is 3.87. The molecule has 2 rings (SSSR count). The molecule has 0 aliphatic carbocycles. The summed E-state index contributed by atoms with van der Waals surface area (Å²) in [6.45, 7) is 13.8. The van der Waals surface area contributed by atoms with Gasteiger partial charge in [-0.25, -0.2) is 0 Å². The average Bonchev–Trinajstić information content (AvgIpc) is 3.39. The van der Waals surface area contributed by atoms with E-state index in [0.29, 0.717) is 45.4 Å². The molecule has 1 aliphatic rings. The summed E-state index contributed by atoms with van der Waals surface area (Å²) < 4.78 is 46.3. The van der Waals surface area contributed by atoms with Crippen molar-refractivity contribution in [2.24, 2.45) is 0 Å². The SMILES string of the molecule is CCCCCOCC(C)OCCCOC(OCCCOC(C)COCCCCC)c1ccc2c(c1)OCO2. The molecule has 0 saturated carbocycles. The fourth-order valence-corrected chi connectivity index (χ4v) is 3.87. The van der Waals surface area contributed by atoms with Crippen molar-refractivity contribution >= 4 is 0 Å². The van der Waals surface area contributed by atoms with Crippen LogP contribution >= 0.6 is 0 Å². The molecule has 0 bridgehead atoms. The van der Waals surface area contributed by atoms with Crippen LogP contribution in [0.4, 0.5) is 0 Å². The third-order valence-electron chi connectivity index (χ3n) is 6.08. The minimum absolute atomic E-state index is 0.0710. The topological polar surface area (TPSA) is 73.8 Å². The summed E-state index contributed by atoms with van der Waals surface area (Å²) in [7, 11) is 0. The second-order valence-electron chi connectivity index (χ2n) is 9.82. The zero-order chi connectivity index (χ0) is 27.3. The smallest absolute Gasteiger partial charge is 0.231 e. The van der Waals surface area contributed by atoms with Crippen molar-refractivity contribution in [1.29, 1.82) is 0 Å². The van der Waals surface area contributed by atoms with E-state index < -0.39 is 6.29 Å². The van der Waals surface area contributed by atoms with Gasteiger partial charge in [0.2, 0.25) is 6.79 Å². The Morgan fingerprint density at radius 1 is 0.632 bits per heavy atom. The van der Waals surface area contributed by atoms with Crippen LogP contribution in [-0.2, 0) is 28.4 Å². The van der Waals surface area contributed by atoms with E-state index in [1.54, 1.807) is 0 Å². The Bertz CT molecular complexity index is 671. The van der Waals surface area contributed by atoms with Gasteiger partial charge in [0.05, 0.1) is 38.6 Å². The minimum atomic E-state index is -0.497. The molecule has 220 valence electrons. The van der Waals surface area contributed by atoms with Crippen molar-refractivity contribution in [3.63, 3.8) is 0 Å². The van der Waals surface area contributed by atoms with Crippen molar-refractivity contribution in [2.45, 2.75) is 97.6 Å². The van der Waals surface area contributed by atoms with Gasteiger partial charge in [-0.15, -0.1) is 0 Å². The highest BCUT2D eigenvalue weighted by Gasteiger charge is 2.19. The van der Waals surface area contributed by atoms with Crippen LogP contribution in [0.2, 0.25) is 0 Å². The highest BCUT2D eigenvalue weighted by Crippen LogP contribution is 2.35.